The van der Waals surface area contributed by atoms with Crippen molar-refractivity contribution < 1.29 is 9.15 Å². The Kier molecular flexibility index (Phi) is 7.97. The lowest BCUT2D eigenvalue weighted by atomic mass is 9.91. The Morgan fingerprint density at radius 2 is 1.05 bits per heavy atom. The van der Waals surface area contributed by atoms with Gasteiger partial charge in [-0.1, -0.05) is 152 Å². The highest BCUT2D eigenvalue weighted by molar-refractivity contribution is 6.22. The smallest absolute Gasteiger partial charge is 0.168 e. The molecule has 0 saturated carbocycles. The first-order valence-corrected chi connectivity index (χ1v) is 21.4. The summed E-state index contributed by atoms with van der Waals surface area (Å²) in [6, 6.07) is 73.0. The molecule has 2 aromatic heterocycles. The minimum absolute atomic E-state index is 0.211. The van der Waals surface area contributed by atoms with Crippen molar-refractivity contribution in [3.8, 4) is 55.9 Å². The molecule has 0 saturated heterocycles. The van der Waals surface area contributed by atoms with Gasteiger partial charge >= 0.3 is 0 Å². The van der Waals surface area contributed by atoms with Gasteiger partial charge in [0, 0.05) is 43.9 Å². The van der Waals surface area contributed by atoms with Crippen LogP contribution in [-0.4, -0.2) is 22.7 Å². The lowest BCUT2D eigenvalue weighted by Gasteiger charge is -2.21. The van der Waals surface area contributed by atoms with Crippen molar-refractivity contribution in [2.75, 3.05) is 0 Å². The van der Waals surface area contributed by atoms with Gasteiger partial charge < -0.3 is 13.7 Å². The summed E-state index contributed by atoms with van der Waals surface area (Å²) >= 11 is 0. The van der Waals surface area contributed by atoms with Gasteiger partial charge in [-0.3, -0.25) is 4.99 Å². The fourth-order valence-corrected chi connectivity index (χ4v) is 9.91. The first-order chi connectivity index (χ1) is 31.2. The fraction of sp³-hybridized carbons (Fsp3) is 0.0345. The second-order valence-corrected chi connectivity index (χ2v) is 16.4. The number of furan rings is 1. The average Bonchev–Trinajstić information content (AvgIpc) is 4.04. The number of para-hydroxylation sites is 3. The minimum Gasteiger partial charge on any atom is -0.480 e. The van der Waals surface area contributed by atoms with E-state index in [0.717, 1.165) is 78.0 Å². The van der Waals surface area contributed by atoms with Crippen LogP contribution < -0.4 is 4.74 Å². The van der Waals surface area contributed by atoms with Crippen LogP contribution in [0.25, 0.3) is 93.9 Å². The number of aromatic nitrogens is 1. The van der Waals surface area contributed by atoms with Crippen molar-refractivity contribution in [3.63, 3.8) is 0 Å². The zero-order valence-electron chi connectivity index (χ0n) is 34.0. The van der Waals surface area contributed by atoms with Gasteiger partial charge in [-0.2, -0.15) is 0 Å². The second-order valence-electron chi connectivity index (χ2n) is 16.4. The van der Waals surface area contributed by atoms with E-state index in [1.54, 1.807) is 6.34 Å². The molecule has 0 fully saturated rings. The quantitative estimate of drug-likeness (QED) is 0.168. The van der Waals surface area contributed by atoms with Gasteiger partial charge in [-0.15, -0.1) is 0 Å². The molecule has 13 rings (SSSR count). The molecule has 11 aromatic rings. The molecule has 5 nitrogen and oxygen atoms in total. The van der Waals surface area contributed by atoms with E-state index < -0.39 is 0 Å². The topological polar surface area (TPSA) is 52.0 Å². The number of hydrogen-bond donors (Lipinski definition) is 0. The predicted molar refractivity (Wildman–Crippen MR) is 258 cm³/mol. The molecule has 2 aliphatic rings. The largest absolute Gasteiger partial charge is 0.480 e. The summed E-state index contributed by atoms with van der Waals surface area (Å²) in [5.41, 5.74) is 17.2. The maximum absolute atomic E-state index is 6.96. The Morgan fingerprint density at radius 3 is 1.89 bits per heavy atom. The van der Waals surface area contributed by atoms with E-state index in [2.05, 4.69) is 193 Å². The van der Waals surface area contributed by atoms with E-state index >= 15 is 0 Å². The molecule has 2 atom stereocenters. The molecule has 63 heavy (non-hydrogen) atoms. The van der Waals surface area contributed by atoms with Crippen LogP contribution in [-0.2, 0) is 0 Å². The molecule has 2 aliphatic heterocycles. The van der Waals surface area contributed by atoms with Crippen LogP contribution in [0, 0.1) is 0 Å². The van der Waals surface area contributed by atoms with E-state index in [-0.39, 0.29) is 12.1 Å². The number of hydrogen-bond acceptors (Lipinski definition) is 4. The van der Waals surface area contributed by atoms with Crippen LogP contribution in [0.3, 0.4) is 0 Å². The Balaban J connectivity index is 0.858. The van der Waals surface area contributed by atoms with Crippen LogP contribution >= 0.6 is 0 Å². The van der Waals surface area contributed by atoms with Crippen LogP contribution in [0.4, 0.5) is 0 Å². The summed E-state index contributed by atoms with van der Waals surface area (Å²) in [6.07, 6.45) is 1.31. The van der Waals surface area contributed by atoms with E-state index in [0.29, 0.717) is 0 Å². The number of benzene rings is 9. The standard InChI is InChI=1S/C58H37N3O2/c1-3-12-36(13-4-1)37-24-26-38(27-25-37)44-19-10-21-47-56-58(63-57(44)47)55(59-35-60-56)46-20-11-23-53-54(46)49-34-42(29-31-52(49)62-53)40-15-9-14-39(32-40)41-28-30-51-48(33-41)45-18-7-8-22-50(45)61(51)43-16-5-2-6-17-43/h1-35,56,58H. The first kappa shape index (κ1) is 35.5. The van der Waals surface area contributed by atoms with Gasteiger partial charge in [0.25, 0.3) is 0 Å². The zero-order chi connectivity index (χ0) is 41.4. The van der Waals surface area contributed by atoms with E-state index in [4.69, 9.17) is 19.1 Å². The van der Waals surface area contributed by atoms with E-state index in [1.807, 2.05) is 18.2 Å². The van der Waals surface area contributed by atoms with Crippen molar-refractivity contribution in [1.82, 2.24) is 4.57 Å². The lowest BCUT2D eigenvalue weighted by molar-refractivity contribution is 0.277. The van der Waals surface area contributed by atoms with Crippen molar-refractivity contribution in [3.05, 3.63) is 217 Å². The van der Waals surface area contributed by atoms with Gasteiger partial charge in [-0.25, -0.2) is 4.99 Å². The highest BCUT2D eigenvalue weighted by Gasteiger charge is 2.41. The molecule has 296 valence electrons. The molecule has 2 unspecified atom stereocenters. The van der Waals surface area contributed by atoms with Crippen LogP contribution in [0.5, 0.6) is 5.75 Å². The normalized spacial score (nSPS) is 15.5. The average molecular weight is 808 g/mol. The molecule has 0 aliphatic carbocycles. The van der Waals surface area contributed by atoms with Crippen LogP contribution in [0.2, 0.25) is 0 Å². The molecule has 0 amide bonds. The summed E-state index contributed by atoms with van der Waals surface area (Å²) in [6.45, 7) is 0. The summed E-state index contributed by atoms with van der Waals surface area (Å²) in [4.78, 5) is 9.85. The minimum atomic E-state index is -0.385. The molecule has 9 aromatic carbocycles. The van der Waals surface area contributed by atoms with Gasteiger partial charge in [0.05, 0.1) is 16.7 Å². The van der Waals surface area contributed by atoms with E-state index in [9.17, 15) is 0 Å². The van der Waals surface area contributed by atoms with E-state index in [1.165, 1.54) is 38.5 Å². The van der Waals surface area contributed by atoms with Gasteiger partial charge in [0.15, 0.2) is 6.10 Å². The molecule has 0 N–H and O–H groups in total. The Hall–Kier alpha value is -8.28. The molecule has 4 heterocycles. The maximum Gasteiger partial charge on any atom is 0.168 e. The number of rotatable bonds is 6. The number of fused-ring (bicyclic) bond motifs is 9. The van der Waals surface area contributed by atoms with Gasteiger partial charge in [0.1, 0.15) is 29.3 Å². The summed E-state index contributed by atoms with van der Waals surface area (Å²) < 4.78 is 15.9. The zero-order valence-corrected chi connectivity index (χ0v) is 34.0. The molecular weight excluding hydrogens is 771 g/mol. The molecular formula is C58H37N3O2. The molecule has 0 radical (unpaired) electrons. The Labute approximate surface area is 363 Å². The maximum atomic E-state index is 6.96. The van der Waals surface area contributed by atoms with Crippen LogP contribution in [0.1, 0.15) is 17.2 Å². The van der Waals surface area contributed by atoms with Crippen molar-refractivity contribution in [2.24, 2.45) is 9.98 Å². The third-order valence-corrected chi connectivity index (χ3v) is 12.9. The van der Waals surface area contributed by atoms with Gasteiger partial charge in [0.2, 0.25) is 0 Å². The summed E-state index contributed by atoms with van der Waals surface area (Å²) in [7, 11) is 0. The van der Waals surface area contributed by atoms with Crippen molar-refractivity contribution in [1.29, 1.82) is 0 Å². The first-order valence-electron chi connectivity index (χ1n) is 21.4. The van der Waals surface area contributed by atoms with Crippen molar-refractivity contribution >= 4 is 55.8 Å². The Bertz CT molecular complexity index is 3650. The molecule has 0 bridgehead atoms. The van der Waals surface area contributed by atoms with Crippen LogP contribution in [0.15, 0.2) is 221 Å². The lowest BCUT2D eigenvalue weighted by Crippen LogP contribution is -2.31. The van der Waals surface area contributed by atoms with Gasteiger partial charge in [-0.05, 0) is 93.5 Å². The monoisotopic (exact) mass is 807 g/mol. The van der Waals surface area contributed by atoms with Crippen molar-refractivity contribution in [2.45, 2.75) is 12.1 Å². The Morgan fingerprint density at radius 1 is 0.429 bits per heavy atom. The number of ether oxygens (including phenoxy) is 1. The molecule has 5 heteroatoms. The summed E-state index contributed by atoms with van der Waals surface area (Å²) in [5, 5.41) is 4.53. The number of nitrogens with zero attached hydrogens (tertiary/aromatic N) is 3. The fourth-order valence-electron chi connectivity index (χ4n) is 9.91. The third-order valence-electron chi connectivity index (χ3n) is 12.9. The third kappa shape index (κ3) is 5.70. The predicted octanol–water partition coefficient (Wildman–Crippen LogP) is 14.7. The SMILES string of the molecule is C1=NC2c3cccc(-c4ccc(-c5ccccc5)cc4)c3OC2C(c2cccc3oc4ccc(-c5cccc(-c6ccc7c(c6)c6ccccc6n7-c6ccccc6)c5)cc4c23)=N1. The summed E-state index contributed by atoms with van der Waals surface area (Å²) in [5.74, 6) is 0.860. The number of aliphatic imine (C=N–C) groups is 2. The highest BCUT2D eigenvalue weighted by atomic mass is 16.5. The molecule has 0 spiro atoms. The second kappa shape index (κ2) is 14.2. The highest BCUT2D eigenvalue weighted by Crippen LogP contribution is 2.48.